The molecule has 3 rings (SSSR count). The zero-order valence-corrected chi connectivity index (χ0v) is 17.3. The van der Waals surface area contributed by atoms with Crippen molar-refractivity contribution in [3.63, 3.8) is 0 Å². The Hall–Kier alpha value is -2.89. The topological polar surface area (TPSA) is 58.6 Å². The highest BCUT2D eigenvalue weighted by molar-refractivity contribution is 6.05. The molecule has 1 aliphatic heterocycles. The molecule has 0 unspecified atom stereocenters. The third-order valence-electron chi connectivity index (χ3n) is 4.96. The van der Waals surface area contributed by atoms with Gasteiger partial charge >= 0.3 is 0 Å². The maximum absolute atomic E-state index is 13.2. The molecule has 1 N–H and O–H groups in total. The first-order chi connectivity index (χ1) is 13.7. The minimum absolute atomic E-state index is 0.00101. The van der Waals surface area contributed by atoms with Gasteiger partial charge in [0.25, 0.3) is 5.91 Å². The summed E-state index contributed by atoms with van der Waals surface area (Å²) in [7, 11) is 0. The number of amides is 2. The highest BCUT2D eigenvalue weighted by atomic mass is 19.1. The number of hydrogen-bond acceptors (Lipinski definition) is 3. The molecule has 29 heavy (non-hydrogen) atoms. The molecule has 0 radical (unpaired) electrons. The van der Waals surface area contributed by atoms with Gasteiger partial charge in [-0.05, 0) is 68.7 Å². The molecule has 2 aromatic carbocycles. The predicted molar refractivity (Wildman–Crippen MR) is 112 cm³/mol. The van der Waals surface area contributed by atoms with E-state index in [1.165, 1.54) is 24.3 Å². The van der Waals surface area contributed by atoms with Crippen molar-refractivity contribution in [1.82, 2.24) is 0 Å². The molecule has 0 spiro atoms. The van der Waals surface area contributed by atoms with Gasteiger partial charge in [-0.15, -0.1) is 0 Å². The molecule has 0 aromatic heterocycles. The van der Waals surface area contributed by atoms with Gasteiger partial charge in [0.05, 0.1) is 11.1 Å². The molecule has 0 saturated carbocycles. The molecule has 0 bridgehead atoms. The summed E-state index contributed by atoms with van der Waals surface area (Å²) in [5.74, 6) is 0.316. The minimum Gasteiger partial charge on any atom is -0.490 e. The molecule has 2 aromatic rings. The molecule has 5 nitrogen and oxygen atoms in total. The summed E-state index contributed by atoms with van der Waals surface area (Å²) in [4.78, 5) is 27.4. The first-order valence-electron chi connectivity index (χ1n) is 9.83. The number of anilines is 2. The van der Waals surface area contributed by atoms with Crippen LogP contribution in [-0.4, -0.2) is 25.0 Å². The predicted octanol–water partition coefficient (Wildman–Crippen LogP) is 4.88. The minimum atomic E-state index is -0.645. The van der Waals surface area contributed by atoms with Crippen molar-refractivity contribution in [2.75, 3.05) is 23.4 Å². The Morgan fingerprint density at radius 2 is 1.90 bits per heavy atom. The van der Waals surface area contributed by atoms with Crippen LogP contribution in [0.5, 0.6) is 5.75 Å². The van der Waals surface area contributed by atoms with Crippen molar-refractivity contribution in [1.29, 1.82) is 0 Å². The number of nitrogens with zero attached hydrogens (tertiary/aromatic N) is 1. The van der Waals surface area contributed by atoms with Crippen LogP contribution < -0.4 is 15.0 Å². The molecule has 2 amide bonds. The Morgan fingerprint density at radius 3 is 2.55 bits per heavy atom. The van der Waals surface area contributed by atoms with Crippen LogP contribution in [0.1, 0.15) is 44.5 Å². The Kier molecular flexibility index (Phi) is 5.91. The summed E-state index contributed by atoms with van der Waals surface area (Å²) in [6.07, 6.45) is 0.855. The highest BCUT2D eigenvalue weighted by Gasteiger charge is 2.37. The van der Waals surface area contributed by atoms with Crippen LogP contribution in [0.4, 0.5) is 15.8 Å². The fraction of sp³-hybridized carbons (Fsp3) is 0.391. The van der Waals surface area contributed by atoms with Gasteiger partial charge in [-0.2, -0.15) is 0 Å². The number of fused-ring (bicyclic) bond motifs is 1. The van der Waals surface area contributed by atoms with E-state index < -0.39 is 11.2 Å². The largest absolute Gasteiger partial charge is 0.490 e. The monoisotopic (exact) mass is 398 g/mol. The highest BCUT2D eigenvalue weighted by Crippen LogP contribution is 2.38. The van der Waals surface area contributed by atoms with Crippen LogP contribution in [0.3, 0.4) is 0 Å². The van der Waals surface area contributed by atoms with Gasteiger partial charge in [-0.25, -0.2) is 4.39 Å². The lowest BCUT2D eigenvalue weighted by Crippen LogP contribution is -2.42. The Morgan fingerprint density at radius 1 is 1.21 bits per heavy atom. The van der Waals surface area contributed by atoms with Gasteiger partial charge in [0, 0.05) is 17.8 Å². The van der Waals surface area contributed by atoms with E-state index in [1.807, 2.05) is 13.8 Å². The van der Waals surface area contributed by atoms with E-state index in [4.69, 9.17) is 4.74 Å². The van der Waals surface area contributed by atoms with E-state index >= 15 is 0 Å². The van der Waals surface area contributed by atoms with E-state index in [1.54, 1.807) is 23.1 Å². The van der Waals surface area contributed by atoms with Gasteiger partial charge in [-0.1, -0.05) is 13.8 Å². The molecular formula is C23H27FN2O3. The summed E-state index contributed by atoms with van der Waals surface area (Å²) in [6, 6.07) is 10.6. The second kappa shape index (κ2) is 8.23. The fourth-order valence-electron chi connectivity index (χ4n) is 3.14. The number of carbonyl (C=O) groups is 2. The van der Waals surface area contributed by atoms with Crippen LogP contribution >= 0.6 is 0 Å². The summed E-state index contributed by atoms with van der Waals surface area (Å²) in [5, 5.41) is 2.81. The van der Waals surface area contributed by atoms with Gasteiger partial charge in [0.15, 0.2) is 0 Å². The maximum Gasteiger partial charge on any atom is 0.255 e. The number of ether oxygens (including phenoxy) is 1. The Bertz CT molecular complexity index is 907. The average molecular weight is 398 g/mol. The zero-order valence-electron chi connectivity index (χ0n) is 17.3. The van der Waals surface area contributed by atoms with Crippen molar-refractivity contribution in [3.05, 3.63) is 53.8 Å². The number of rotatable bonds is 5. The average Bonchev–Trinajstić information content (AvgIpc) is 2.76. The van der Waals surface area contributed by atoms with Gasteiger partial charge in [0.2, 0.25) is 5.91 Å². The van der Waals surface area contributed by atoms with Gasteiger partial charge < -0.3 is 15.0 Å². The first kappa shape index (κ1) is 20.8. The molecular weight excluding hydrogens is 371 g/mol. The number of nitrogens with one attached hydrogen (secondary N) is 1. The van der Waals surface area contributed by atoms with E-state index in [-0.39, 0.29) is 18.4 Å². The van der Waals surface area contributed by atoms with Crippen LogP contribution in [0.15, 0.2) is 42.5 Å². The first-order valence-corrected chi connectivity index (χ1v) is 9.83. The zero-order chi connectivity index (χ0) is 21.2. The van der Waals surface area contributed by atoms with E-state index in [2.05, 4.69) is 19.2 Å². The van der Waals surface area contributed by atoms with Crippen LogP contribution in [0.25, 0.3) is 0 Å². The maximum atomic E-state index is 13.2. The van der Waals surface area contributed by atoms with Crippen molar-refractivity contribution < 1.29 is 18.7 Å². The summed E-state index contributed by atoms with van der Waals surface area (Å²) in [5.41, 5.74) is 0.904. The lowest BCUT2D eigenvalue weighted by Gasteiger charge is -2.28. The van der Waals surface area contributed by atoms with Crippen molar-refractivity contribution in [2.45, 2.75) is 34.1 Å². The summed E-state index contributed by atoms with van der Waals surface area (Å²) in [6.45, 7) is 8.85. The van der Waals surface area contributed by atoms with E-state index in [0.717, 1.165) is 6.42 Å². The van der Waals surface area contributed by atoms with E-state index in [0.29, 0.717) is 35.2 Å². The second-order valence-electron chi connectivity index (χ2n) is 8.46. The van der Waals surface area contributed by atoms with Gasteiger partial charge in [-0.3, -0.25) is 9.59 Å². The quantitative estimate of drug-likeness (QED) is 0.781. The molecule has 1 heterocycles. The van der Waals surface area contributed by atoms with Crippen molar-refractivity contribution in [3.8, 4) is 5.75 Å². The summed E-state index contributed by atoms with van der Waals surface area (Å²) < 4.78 is 19.0. The lowest BCUT2D eigenvalue weighted by atomic mass is 9.92. The second-order valence-corrected chi connectivity index (χ2v) is 8.46. The molecule has 0 atom stereocenters. The smallest absolute Gasteiger partial charge is 0.255 e. The number of carbonyl (C=O) groups excluding carboxylic acids is 2. The Balaban J connectivity index is 1.90. The van der Waals surface area contributed by atoms with Crippen molar-refractivity contribution >= 4 is 23.2 Å². The van der Waals surface area contributed by atoms with Crippen LogP contribution in [-0.2, 0) is 4.79 Å². The molecule has 6 heteroatoms. The Labute approximate surface area is 170 Å². The van der Waals surface area contributed by atoms with Crippen LogP contribution in [0.2, 0.25) is 0 Å². The molecule has 154 valence electrons. The standard InChI is InChI=1S/C23H27FN2O3/c1-15(2)11-12-26-19-13-18(25-21(27)16-5-7-17(24)8-6-16)9-10-20(19)29-14-23(3,4)22(26)28/h5-10,13,15H,11-12,14H2,1-4H3,(H,25,27). The number of halogens is 1. The molecule has 0 saturated heterocycles. The molecule has 1 aliphatic rings. The number of benzene rings is 2. The number of hydrogen-bond donors (Lipinski definition) is 1. The third kappa shape index (κ3) is 4.75. The normalized spacial score (nSPS) is 15.5. The lowest BCUT2D eigenvalue weighted by molar-refractivity contribution is -0.127. The SMILES string of the molecule is CC(C)CCN1C(=O)C(C)(C)COc2ccc(NC(=O)c3ccc(F)cc3)cc21. The molecule has 0 aliphatic carbocycles. The van der Waals surface area contributed by atoms with Crippen LogP contribution in [0, 0.1) is 17.2 Å². The van der Waals surface area contributed by atoms with E-state index in [9.17, 15) is 14.0 Å². The van der Waals surface area contributed by atoms with Gasteiger partial charge in [0.1, 0.15) is 18.2 Å². The third-order valence-corrected chi connectivity index (χ3v) is 4.96. The fourth-order valence-corrected chi connectivity index (χ4v) is 3.14. The summed E-state index contributed by atoms with van der Waals surface area (Å²) >= 11 is 0. The van der Waals surface area contributed by atoms with Crippen molar-refractivity contribution in [2.24, 2.45) is 11.3 Å². The molecule has 0 fully saturated rings.